The number of hydrogen-bond donors (Lipinski definition) is 0. The van der Waals surface area contributed by atoms with E-state index in [9.17, 15) is 9.59 Å². The van der Waals surface area contributed by atoms with Gasteiger partial charge in [-0.1, -0.05) is 12.1 Å². The quantitative estimate of drug-likeness (QED) is 0.796. The summed E-state index contributed by atoms with van der Waals surface area (Å²) in [5.74, 6) is -0.0514. The molecule has 4 heteroatoms. The van der Waals surface area contributed by atoms with E-state index in [0.29, 0.717) is 13.0 Å². The number of carbonyl (C=O) groups excluding carboxylic acids is 2. The summed E-state index contributed by atoms with van der Waals surface area (Å²) in [6.45, 7) is 5.06. The first-order chi connectivity index (χ1) is 9.45. The summed E-state index contributed by atoms with van der Waals surface area (Å²) in [6, 6.07) is 7.62. The van der Waals surface area contributed by atoms with Crippen molar-refractivity contribution in [2.75, 3.05) is 25.1 Å². The summed E-state index contributed by atoms with van der Waals surface area (Å²) in [6.07, 6.45) is 1.37. The lowest BCUT2D eigenvalue weighted by atomic mass is 9.92. The van der Waals surface area contributed by atoms with E-state index in [2.05, 4.69) is 4.90 Å². The molecule has 2 rings (SSSR count). The molecule has 0 aliphatic carbocycles. The Hall–Kier alpha value is -1.84. The lowest BCUT2D eigenvalue weighted by Gasteiger charge is -2.32. The van der Waals surface area contributed by atoms with Gasteiger partial charge < -0.3 is 9.64 Å². The van der Waals surface area contributed by atoms with Crippen molar-refractivity contribution in [2.24, 2.45) is 5.41 Å². The molecule has 0 fully saturated rings. The predicted octanol–water partition coefficient (Wildman–Crippen LogP) is 2.67. The highest BCUT2D eigenvalue weighted by atomic mass is 16.5. The average Bonchev–Trinajstić information content (AvgIpc) is 2.58. The average molecular weight is 275 g/mol. The van der Waals surface area contributed by atoms with Crippen molar-refractivity contribution in [3.8, 4) is 0 Å². The number of fused-ring (bicyclic) bond motifs is 1. The largest absolute Gasteiger partial charge is 0.469 e. The molecule has 0 amide bonds. The third-order valence-corrected chi connectivity index (χ3v) is 3.70. The number of anilines is 1. The lowest BCUT2D eigenvalue weighted by Crippen LogP contribution is -2.40. The first-order valence-electron chi connectivity index (χ1n) is 6.91. The molecule has 1 aliphatic heterocycles. The van der Waals surface area contributed by atoms with E-state index in [1.807, 2.05) is 38.1 Å². The van der Waals surface area contributed by atoms with Crippen molar-refractivity contribution >= 4 is 17.4 Å². The van der Waals surface area contributed by atoms with Crippen LogP contribution in [-0.4, -0.2) is 32.0 Å². The van der Waals surface area contributed by atoms with Crippen molar-refractivity contribution in [2.45, 2.75) is 26.7 Å². The number of rotatable bonds is 3. The van der Waals surface area contributed by atoms with Crippen molar-refractivity contribution in [1.82, 2.24) is 0 Å². The smallest absolute Gasteiger partial charge is 0.313 e. The van der Waals surface area contributed by atoms with Gasteiger partial charge in [-0.15, -0.1) is 0 Å². The molecule has 0 spiro atoms. The zero-order valence-electron chi connectivity index (χ0n) is 12.3. The van der Waals surface area contributed by atoms with Crippen LogP contribution >= 0.6 is 0 Å². The molecular formula is C16H21NO3. The molecule has 0 atom stereocenters. The van der Waals surface area contributed by atoms with E-state index < -0.39 is 5.41 Å². The maximum Gasteiger partial charge on any atom is 0.313 e. The first-order valence-corrected chi connectivity index (χ1v) is 6.91. The molecule has 108 valence electrons. The molecule has 1 aromatic rings. The molecule has 0 saturated heterocycles. The fraction of sp³-hybridized carbons (Fsp3) is 0.500. The Kier molecular flexibility index (Phi) is 4.12. The van der Waals surface area contributed by atoms with Crippen molar-refractivity contribution in [3.05, 3.63) is 29.8 Å². The highest BCUT2D eigenvalue weighted by Gasteiger charge is 2.33. The zero-order valence-corrected chi connectivity index (χ0v) is 12.3. The van der Waals surface area contributed by atoms with Gasteiger partial charge in [0.05, 0.1) is 12.5 Å². The van der Waals surface area contributed by atoms with Crippen molar-refractivity contribution < 1.29 is 14.3 Å². The lowest BCUT2D eigenvalue weighted by molar-refractivity contribution is -0.150. The number of Topliss-reactive ketones (excluding diaryl/α,β-unsaturated/α-hetero) is 1. The van der Waals surface area contributed by atoms with Crippen LogP contribution in [0.4, 0.5) is 5.69 Å². The van der Waals surface area contributed by atoms with E-state index in [1.54, 1.807) is 0 Å². The third kappa shape index (κ3) is 2.84. The molecule has 20 heavy (non-hydrogen) atoms. The molecule has 1 heterocycles. The fourth-order valence-corrected chi connectivity index (χ4v) is 2.65. The van der Waals surface area contributed by atoms with E-state index in [4.69, 9.17) is 4.74 Å². The van der Waals surface area contributed by atoms with Crippen LogP contribution in [-0.2, 0) is 9.53 Å². The molecule has 0 radical (unpaired) electrons. The van der Waals surface area contributed by atoms with E-state index in [-0.39, 0.29) is 11.8 Å². The first kappa shape index (κ1) is 14.6. The van der Waals surface area contributed by atoms with Crippen LogP contribution in [0.25, 0.3) is 0 Å². The van der Waals surface area contributed by atoms with Gasteiger partial charge >= 0.3 is 5.97 Å². The number of ketones is 1. The zero-order chi connectivity index (χ0) is 14.8. The van der Waals surface area contributed by atoms with Crippen LogP contribution in [0, 0.1) is 5.41 Å². The van der Waals surface area contributed by atoms with Gasteiger partial charge in [-0.3, -0.25) is 9.59 Å². The second-order valence-electron chi connectivity index (χ2n) is 5.84. The monoisotopic (exact) mass is 275 g/mol. The molecule has 0 aromatic heterocycles. The summed E-state index contributed by atoms with van der Waals surface area (Å²) < 4.78 is 4.86. The maximum atomic E-state index is 12.1. The minimum Gasteiger partial charge on any atom is -0.469 e. The van der Waals surface area contributed by atoms with Gasteiger partial charge in [0.2, 0.25) is 0 Å². The number of benzene rings is 1. The van der Waals surface area contributed by atoms with Gasteiger partial charge in [0, 0.05) is 30.8 Å². The second kappa shape index (κ2) is 5.65. The number of hydrogen-bond acceptors (Lipinski definition) is 4. The van der Waals surface area contributed by atoms with Crippen LogP contribution < -0.4 is 4.90 Å². The van der Waals surface area contributed by atoms with Crippen LogP contribution in [0.5, 0.6) is 0 Å². The van der Waals surface area contributed by atoms with Crippen molar-refractivity contribution in [3.63, 3.8) is 0 Å². The molecule has 1 aromatic carbocycles. The van der Waals surface area contributed by atoms with E-state index >= 15 is 0 Å². The Bertz CT molecular complexity index is 522. The standard InChI is InChI=1S/C16H21NO3/c1-16(2,15(19)20-3)11-17-10-6-9-14(18)12-7-4-5-8-13(12)17/h4-5,7-8H,6,9-11H2,1-3H3. The molecule has 0 bridgehead atoms. The Morgan fingerprint density at radius 1 is 1.35 bits per heavy atom. The predicted molar refractivity (Wildman–Crippen MR) is 78.0 cm³/mol. The van der Waals surface area contributed by atoms with Gasteiger partial charge in [0.25, 0.3) is 0 Å². The summed E-state index contributed by atoms with van der Waals surface area (Å²) in [4.78, 5) is 26.1. The molecule has 1 aliphatic rings. The number of para-hydroxylation sites is 1. The second-order valence-corrected chi connectivity index (χ2v) is 5.84. The molecule has 0 unspecified atom stereocenters. The Labute approximate surface area is 119 Å². The summed E-state index contributed by atoms with van der Waals surface area (Å²) in [5, 5.41) is 0. The minimum absolute atomic E-state index is 0.180. The van der Waals surface area contributed by atoms with Gasteiger partial charge in [0.15, 0.2) is 5.78 Å². The normalized spacial score (nSPS) is 15.6. The van der Waals surface area contributed by atoms with Crippen LogP contribution in [0.15, 0.2) is 24.3 Å². The Morgan fingerprint density at radius 2 is 2.05 bits per heavy atom. The van der Waals surface area contributed by atoms with Crippen LogP contribution in [0.3, 0.4) is 0 Å². The third-order valence-electron chi connectivity index (χ3n) is 3.70. The molecule has 0 N–H and O–H groups in total. The topological polar surface area (TPSA) is 46.6 Å². The van der Waals surface area contributed by atoms with Gasteiger partial charge in [-0.05, 0) is 32.4 Å². The van der Waals surface area contributed by atoms with Gasteiger partial charge in [-0.2, -0.15) is 0 Å². The number of carbonyl (C=O) groups is 2. The summed E-state index contributed by atoms with van der Waals surface area (Å²) in [5.41, 5.74) is 1.08. The summed E-state index contributed by atoms with van der Waals surface area (Å²) in [7, 11) is 1.41. The van der Waals surface area contributed by atoms with Crippen LogP contribution in [0.1, 0.15) is 37.0 Å². The Morgan fingerprint density at radius 3 is 2.75 bits per heavy atom. The number of methoxy groups -OCH3 is 1. The van der Waals surface area contributed by atoms with Gasteiger partial charge in [-0.25, -0.2) is 0 Å². The van der Waals surface area contributed by atoms with E-state index in [1.165, 1.54) is 7.11 Å². The summed E-state index contributed by atoms with van der Waals surface area (Å²) >= 11 is 0. The minimum atomic E-state index is -0.602. The highest BCUT2D eigenvalue weighted by molar-refractivity contribution is 6.02. The highest BCUT2D eigenvalue weighted by Crippen LogP contribution is 2.29. The molecule has 0 saturated carbocycles. The number of nitrogens with zero attached hydrogens (tertiary/aromatic N) is 1. The maximum absolute atomic E-state index is 12.1. The van der Waals surface area contributed by atoms with E-state index in [0.717, 1.165) is 24.2 Å². The fourth-order valence-electron chi connectivity index (χ4n) is 2.65. The molecular weight excluding hydrogens is 254 g/mol. The van der Waals surface area contributed by atoms with Crippen molar-refractivity contribution in [1.29, 1.82) is 0 Å². The Balaban J connectivity index is 2.31. The number of ether oxygens (including phenoxy) is 1. The van der Waals surface area contributed by atoms with Gasteiger partial charge in [0.1, 0.15) is 0 Å². The van der Waals surface area contributed by atoms with Crippen LogP contribution in [0.2, 0.25) is 0 Å². The molecule has 4 nitrogen and oxygen atoms in total. The number of esters is 1. The SMILES string of the molecule is COC(=O)C(C)(C)CN1CCCC(=O)c2ccccc21.